The fourth-order valence-electron chi connectivity index (χ4n) is 3.67. The number of carbonyl (C=O) groups is 1. The zero-order chi connectivity index (χ0) is 21.5. The summed E-state index contributed by atoms with van der Waals surface area (Å²) in [6, 6.07) is 3.88. The van der Waals surface area contributed by atoms with E-state index in [4.69, 9.17) is 0 Å². The maximum absolute atomic E-state index is 12.5. The molecule has 0 unspecified atom stereocenters. The second-order valence-corrected chi connectivity index (χ2v) is 8.16. The molecule has 1 amide bonds. The molecular formula is C22H31N7O. The van der Waals surface area contributed by atoms with Crippen molar-refractivity contribution in [3.63, 3.8) is 0 Å². The number of rotatable bonds is 7. The van der Waals surface area contributed by atoms with Gasteiger partial charge in [-0.1, -0.05) is 6.08 Å². The van der Waals surface area contributed by atoms with E-state index in [1.54, 1.807) is 12.4 Å². The fourth-order valence-corrected chi connectivity index (χ4v) is 3.67. The average molecular weight is 410 g/mol. The third-order valence-corrected chi connectivity index (χ3v) is 5.01. The van der Waals surface area contributed by atoms with Gasteiger partial charge in [-0.3, -0.25) is 4.79 Å². The van der Waals surface area contributed by atoms with Crippen LogP contribution in [0.3, 0.4) is 0 Å². The van der Waals surface area contributed by atoms with Crippen LogP contribution in [0.4, 0.5) is 11.8 Å². The number of amides is 1. The second kappa shape index (κ2) is 10.2. The summed E-state index contributed by atoms with van der Waals surface area (Å²) in [5.41, 5.74) is 2.77. The van der Waals surface area contributed by atoms with Crippen LogP contribution >= 0.6 is 0 Å². The predicted molar refractivity (Wildman–Crippen MR) is 118 cm³/mol. The van der Waals surface area contributed by atoms with Gasteiger partial charge in [-0.2, -0.15) is 0 Å². The highest BCUT2D eigenvalue weighted by molar-refractivity contribution is 5.87. The first-order valence-electron chi connectivity index (χ1n) is 10.4. The van der Waals surface area contributed by atoms with Gasteiger partial charge in [-0.05, 0) is 59.2 Å². The van der Waals surface area contributed by atoms with Gasteiger partial charge in [0.15, 0.2) is 0 Å². The van der Waals surface area contributed by atoms with E-state index in [9.17, 15) is 4.79 Å². The van der Waals surface area contributed by atoms with E-state index >= 15 is 0 Å². The molecule has 1 N–H and O–H groups in total. The molecule has 2 aromatic rings. The Balaban J connectivity index is 1.60. The Morgan fingerprint density at radius 3 is 2.73 bits per heavy atom. The molecule has 0 saturated carbocycles. The molecule has 3 heterocycles. The Kier molecular flexibility index (Phi) is 7.46. The van der Waals surface area contributed by atoms with Gasteiger partial charge in [0.05, 0.1) is 0 Å². The molecule has 1 fully saturated rings. The standard InChI is InChI=1S/C22H31N7O/c1-16-11-17(2)26-22(25-16)27-20-13-19(23-15-24-20)12-18-7-5-10-29(14-18)21(30)8-6-9-28(3)4/h6,8,11,13,15,18H,5,7,9-10,12,14H2,1-4H3,(H,23,24,25,26,27)/b8-6+/t18-/m0/s1. The maximum atomic E-state index is 12.5. The highest BCUT2D eigenvalue weighted by atomic mass is 16.2. The van der Waals surface area contributed by atoms with Crippen LogP contribution in [0.5, 0.6) is 0 Å². The SMILES string of the molecule is Cc1cc(C)nc(Nc2cc(C[C@@H]3CCCN(C(=O)/C=C/CN(C)C)C3)ncn2)n1. The topological polar surface area (TPSA) is 87.1 Å². The summed E-state index contributed by atoms with van der Waals surface area (Å²) in [7, 11) is 3.98. The van der Waals surface area contributed by atoms with Crippen LogP contribution in [0.15, 0.2) is 30.6 Å². The van der Waals surface area contributed by atoms with Gasteiger partial charge < -0.3 is 15.1 Å². The summed E-state index contributed by atoms with van der Waals surface area (Å²) in [6.07, 6.45) is 8.11. The Morgan fingerprint density at radius 1 is 1.23 bits per heavy atom. The van der Waals surface area contributed by atoms with Crippen molar-refractivity contribution in [2.75, 3.05) is 39.0 Å². The zero-order valence-electron chi connectivity index (χ0n) is 18.3. The molecule has 30 heavy (non-hydrogen) atoms. The Labute approximate surface area is 178 Å². The minimum Gasteiger partial charge on any atom is -0.339 e. The number of nitrogens with zero attached hydrogens (tertiary/aromatic N) is 6. The van der Waals surface area contributed by atoms with Crippen LogP contribution < -0.4 is 5.32 Å². The lowest BCUT2D eigenvalue weighted by molar-refractivity contribution is -0.127. The van der Waals surface area contributed by atoms with Crippen LogP contribution in [-0.2, 0) is 11.2 Å². The van der Waals surface area contributed by atoms with Crippen LogP contribution in [0, 0.1) is 19.8 Å². The smallest absolute Gasteiger partial charge is 0.246 e. The molecule has 1 aliphatic rings. The number of piperidine rings is 1. The molecule has 1 aliphatic heterocycles. The Morgan fingerprint density at radius 2 is 2.00 bits per heavy atom. The van der Waals surface area contributed by atoms with E-state index in [1.807, 2.05) is 56.0 Å². The molecule has 0 aliphatic carbocycles. The van der Waals surface area contributed by atoms with Crippen molar-refractivity contribution >= 4 is 17.7 Å². The first-order chi connectivity index (χ1) is 14.4. The minimum atomic E-state index is 0.0959. The molecule has 0 aromatic carbocycles. The van der Waals surface area contributed by atoms with Crippen molar-refractivity contribution in [1.29, 1.82) is 0 Å². The quantitative estimate of drug-likeness (QED) is 0.703. The van der Waals surface area contributed by atoms with Crippen molar-refractivity contribution in [2.24, 2.45) is 5.92 Å². The number of carbonyl (C=O) groups excluding carboxylic acids is 1. The van der Waals surface area contributed by atoms with E-state index in [0.29, 0.717) is 17.7 Å². The average Bonchev–Trinajstić information content (AvgIpc) is 2.67. The number of anilines is 2. The number of aryl methyl sites for hydroxylation is 2. The van der Waals surface area contributed by atoms with Crippen LogP contribution in [0.1, 0.15) is 29.9 Å². The van der Waals surface area contributed by atoms with Gasteiger partial charge in [0.25, 0.3) is 0 Å². The minimum absolute atomic E-state index is 0.0959. The van der Waals surface area contributed by atoms with Gasteiger partial charge in [0, 0.05) is 48.9 Å². The molecule has 3 rings (SSSR count). The summed E-state index contributed by atoms with van der Waals surface area (Å²) >= 11 is 0. The van der Waals surface area contributed by atoms with Crippen molar-refractivity contribution in [2.45, 2.75) is 33.1 Å². The van der Waals surface area contributed by atoms with Gasteiger partial charge >= 0.3 is 0 Å². The number of hydrogen-bond acceptors (Lipinski definition) is 7. The molecule has 0 bridgehead atoms. The van der Waals surface area contributed by atoms with Crippen molar-refractivity contribution < 1.29 is 4.79 Å². The van der Waals surface area contributed by atoms with E-state index in [1.165, 1.54) is 0 Å². The third kappa shape index (κ3) is 6.59. The molecule has 8 heteroatoms. The van der Waals surface area contributed by atoms with E-state index in [-0.39, 0.29) is 5.91 Å². The van der Waals surface area contributed by atoms with Gasteiger partial charge in [-0.15, -0.1) is 0 Å². The predicted octanol–water partition coefficient (Wildman–Crippen LogP) is 2.53. The van der Waals surface area contributed by atoms with Crippen molar-refractivity contribution in [3.05, 3.63) is 47.7 Å². The van der Waals surface area contributed by atoms with E-state index in [2.05, 4.69) is 25.3 Å². The lowest BCUT2D eigenvalue weighted by atomic mass is 9.93. The first kappa shape index (κ1) is 21.8. The highest BCUT2D eigenvalue weighted by Crippen LogP contribution is 2.21. The summed E-state index contributed by atoms with van der Waals surface area (Å²) in [6.45, 7) is 6.23. The highest BCUT2D eigenvalue weighted by Gasteiger charge is 2.23. The number of likely N-dealkylation sites (N-methyl/N-ethyl adjacent to an activating group) is 1. The maximum Gasteiger partial charge on any atom is 0.246 e. The van der Waals surface area contributed by atoms with E-state index < -0.39 is 0 Å². The molecule has 2 aromatic heterocycles. The molecule has 160 valence electrons. The number of likely N-dealkylation sites (tertiary alicyclic amines) is 1. The summed E-state index contributed by atoms with van der Waals surface area (Å²) in [5, 5.41) is 3.17. The number of nitrogens with one attached hydrogen (secondary N) is 1. The lowest BCUT2D eigenvalue weighted by Crippen LogP contribution is -2.39. The van der Waals surface area contributed by atoms with Crippen LogP contribution in [-0.4, -0.2) is 69.4 Å². The summed E-state index contributed by atoms with van der Waals surface area (Å²) in [5.74, 6) is 1.71. The number of aromatic nitrogens is 4. The fraction of sp³-hybridized carbons (Fsp3) is 0.500. The van der Waals surface area contributed by atoms with Gasteiger partial charge in [-0.25, -0.2) is 19.9 Å². The zero-order valence-corrected chi connectivity index (χ0v) is 18.3. The largest absolute Gasteiger partial charge is 0.339 e. The first-order valence-corrected chi connectivity index (χ1v) is 10.4. The number of hydrogen-bond donors (Lipinski definition) is 1. The van der Waals surface area contributed by atoms with Gasteiger partial charge in [0.2, 0.25) is 11.9 Å². The van der Waals surface area contributed by atoms with Crippen molar-refractivity contribution in [3.8, 4) is 0 Å². The summed E-state index contributed by atoms with van der Waals surface area (Å²) in [4.78, 5) is 34.0. The molecule has 8 nitrogen and oxygen atoms in total. The third-order valence-electron chi connectivity index (χ3n) is 5.01. The van der Waals surface area contributed by atoms with Crippen molar-refractivity contribution in [1.82, 2.24) is 29.7 Å². The molecule has 0 radical (unpaired) electrons. The Hall–Kier alpha value is -2.87. The van der Waals surface area contributed by atoms with E-state index in [0.717, 1.165) is 56.0 Å². The second-order valence-electron chi connectivity index (χ2n) is 8.16. The molecule has 1 saturated heterocycles. The normalized spacial score (nSPS) is 17.0. The molecule has 0 spiro atoms. The van der Waals surface area contributed by atoms with Crippen LogP contribution in [0.2, 0.25) is 0 Å². The molecular weight excluding hydrogens is 378 g/mol. The lowest BCUT2D eigenvalue weighted by Gasteiger charge is -2.32. The summed E-state index contributed by atoms with van der Waals surface area (Å²) < 4.78 is 0. The van der Waals surface area contributed by atoms with Gasteiger partial charge in [0.1, 0.15) is 12.1 Å². The monoisotopic (exact) mass is 409 g/mol. The van der Waals surface area contributed by atoms with Crippen LogP contribution in [0.25, 0.3) is 0 Å². The molecule has 1 atom stereocenters. The Bertz CT molecular complexity index is 877.